The number of benzene rings is 2. The minimum absolute atomic E-state index is 0.0184. The lowest BCUT2D eigenvalue weighted by Crippen LogP contribution is -2.15. The SMILES string of the molecule is Cc1ccc(S(=O)(=O)OCCOCCOCCOCCOCCOCCOCCOCCOCCOc2ccc([N+](=O)[O-])cc2)cc1. The number of nitro benzene ring substituents is 1. The number of hydrogen-bond acceptors (Lipinski definition) is 14. The highest BCUT2D eigenvalue weighted by molar-refractivity contribution is 7.86. The Hall–Kier alpha value is -2.77. The van der Waals surface area contributed by atoms with Gasteiger partial charge in [0, 0.05) is 12.1 Å². The summed E-state index contributed by atoms with van der Waals surface area (Å²) in [6.45, 7) is 8.65. The van der Waals surface area contributed by atoms with Gasteiger partial charge in [-0.15, -0.1) is 0 Å². The van der Waals surface area contributed by atoms with E-state index < -0.39 is 15.0 Å². The highest BCUT2D eigenvalue weighted by Crippen LogP contribution is 2.17. The van der Waals surface area contributed by atoms with Crippen LogP contribution in [-0.2, 0) is 52.2 Å². The van der Waals surface area contributed by atoms with Crippen molar-refractivity contribution in [2.45, 2.75) is 11.8 Å². The number of nitro groups is 1. The van der Waals surface area contributed by atoms with Crippen molar-refractivity contribution in [2.75, 3.05) is 119 Å². The zero-order chi connectivity index (χ0) is 33.8. The van der Waals surface area contributed by atoms with E-state index in [9.17, 15) is 18.5 Å². The quantitative estimate of drug-likeness (QED) is 0.0490. The zero-order valence-corrected chi connectivity index (χ0v) is 27.7. The van der Waals surface area contributed by atoms with Gasteiger partial charge in [0.2, 0.25) is 0 Å². The van der Waals surface area contributed by atoms with Crippen LogP contribution in [0.5, 0.6) is 5.75 Å². The molecule has 0 saturated heterocycles. The molecule has 47 heavy (non-hydrogen) atoms. The van der Waals surface area contributed by atoms with Gasteiger partial charge in [0.05, 0.1) is 122 Å². The second-order valence-corrected chi connectivity index (χ2v) is 11.2. The van der Waals surface area contributed by atoms with Crippen LogP contribution >= 0.6 is 0 Å². The van der Waals surface area contributed by atoms with Gasteiger partial charge in [-0.05, 0) is 31.2 Å². The fourth-order valence-corrected chi connectivity index (χ4v) is 4.39. The first-order valence-corrected chi connectivity index (χ1v) is 16.7. The van der Waals surface area contributed by atoms with Gasteiger partial charge in [-0.3, -0.25) is 14.3 Å². The van der Waals surface area contributed by atoms with Crippen LogP contribution in [0, 0.1) is 17.0 Å². The molecule has 0 aliphatic heterocycles. The topological polar surface area (TPSA) is 170 Å². The lowest BCUT2D eigenvalue weighted by molar-refractivity contribution is -0.384. The van der Waals surface area contributed by atoms with E-state index in [0.717, 1.165) is 5.56 Å². The first kappa shape index (κ1) is 40.4. The molecule has 16 heteroatoms. The summed E-state index contributed by atoms with van der Waals surface area (Å²) in [4.78, 5) is 10.3. The van der Waals surface area contributed by atoms with E-state index in [2.05, 4.69) is 0 Å². The van der Waals surface area contributed by atoms with Crippen LogP contribution in [0.3, 0.4) is 0 Å². The Bertz CT molecular complexity index is 1170. The van der Waals surface area contributed by atoms with Crippen LogP contribution in [0.1, 0.15) is 5.56 Å². The highest BCUT2D eigenvalue weighted by atomic mass is 32.2. The minimum Gasteiger partial charge on any atom is -0.491 e. The lowest BCUT2D eigenvalue weighted by atomic mass is 10.2. The van der Waals surface area contributed by atoms with E-state index in [1.807, 2.05) is 6.92 Å². The summed E-state index contributed by atoms with van der Waals surface area (Å²) in [5.74, 6) is 0.547. The summed E-state index contributed by atoms with van der Waals surface area (Å²) in [6.07, 6.45) is 0. The van der Waals surface area contributed by atoms with Gasteiger partial charge in [-0.25, -0.2) is 0 Å². The van der Waals surface area contributed by atoms with Crippen LogP contribution in [-0.4, -0.2) is 132 Å². The van der Waals surface area contributed by atoms with Crippen molar-refractivity contribution >= 4 is 15.8 Å². The second kappa shape index (κ2) is 26.2. The number of ether oxygens (including phenoxy) is 9. The van der Waals surface area contributed by atoms with Gasteiger partial charge in [0.25, 0.3) is 15.8 Å². The summed E-state index contributed by atoms with van der Waals surface area (Å²) in [5, 5.41) is 10.6. The maximum Gasteiger partial charge on any atom is 0.297 e. The molecule has 2 rings (SSSR count). The monoisotopic (exact) mass is 689 g/mol. The molecule has 0 aliphatic carbocycles. The Labute approximate surface area is 276 Å². The Morgan fingerprint density at radius 1 is 0.511 bits per heavy atom. The number of nitrogens with zero attached hydrogens (tertiary/aromatic N) is 1. The van der Waals surface area contributed by atoms with Crippen LogP contribution in [0.4, 0.5) is 5.69 Å². The molecule has 0 saturated carbocycles. The van der Waals surface area contributed by atoms with Gasteiger partial charge in [0.15, 0.2) is 0 Å². The van der Waals surface area contributed by atoms with E-state index in [0.29, 0.717) is 111 Å². The first-order chi connectivity index (χ1) is 22.9. The Morgan fingerprint density at radius 3 is 1.21 bits per heavy atom. The average molecular weight is 690 g/mol. The van der Waals surface area contributed by atoms with Crippen molar-refractivity contribution < 1.29 is 60.2 Å². The van der Waals surface area contributed by atoms with E-state index in [1.165, 1.54) is 24.3 Å². The molecule has 266 valence electrons. The molecule has 0 amide bonds. The second-order valence-electron chi connectivity index (χ2n) is 9.59. The number of non-ortho nitro benzene ring substituents is 1. The third-order valence-electron chi connectivity index (χ3n) is 5.92. The largest absolute Gasteiger partial charge is 0.491 e. The molecule has 0 atom stereocenters. The van der Waals surface area contributed by atoms with Crippen molar-refractivity contribution in [1.29, 1.82) is 0 Å². The predicted octanol–water partition coefficient (Wildman–Crippen LogP) is 2.82. The van der Waals surface area contributed by atoms with Crippen molar-refractivity contribution in [1.82, 2.24) is 0 Å². The summed E-state index contributed by atoms with van der Waals surface area (Å²) in [6, 6.07) is 12.3. The molecule has 15 nitrogen and oxygen atoms in total. The van der Waals surface area contributed by atoms with Gasteiger partial charge in [-0.1, -0.05) is 17.7 Å². The molecule has 0 spiro atoms. The molecule has 0 fully saturated rings. The molecule has 0 unspecified atom stereocenters. The average Bonchev–Trinajstić information content (AvgIpc) is 3.06. The number of hydrogen-bond donors (Lipinski definition) is 0. The van der Waals surface area contributed by atoms with Crippen LogP contribution in [0.25, 0.3) is 0 Å². The minimum atomic E-state index is -3.78. The van der Waals surface area contributed by atoms with E-state index in [-0.39, 0.29) is 23.8 Å². The zero-order valence-electron chi connectivity index (χ0n) is 26.9. The van der Waals surface area contributed by atoms with Gasteiger partial charge >= 0.3 is 0 Å². The normalized spacial score (nSPS) is 11.6. The molecule has 0 aromatic heterocycles. The van der Waals surface area contributed by atoms with Crippen LogP contribution in [0.2, 0.25) is 0 Å². The van der Waals surface area contributed by atoms with E-state index >= 15 is 0 Å². The molecular weight excluding hydrogens is 642 g/mol. The van der Waals surface area contributed by atoms with Crippen LogP contribution < -0.4 is 4.74 Å². The van der Waals surface area contributed by atoms with Crippen molar-refractivity contribution in [3.8, 4) is 5.75 Å². The lowest BCUT2D eigenvalue weighted by Gasteiger charge is -2.09. The fourth-order valence-electron chi connectivity index (χ4n) is 3.50. The smallest absolute Gasteiger partial charge is 0.297 e. The maximum atomic E-state index is 12.1. The third-order valence-corrected chi connectivity index (χ3v) is 7.25. The Balaban J connectivity index is 1.21. The summed E-state index contributed by atoms with van der Waals surface area (Å²) in [7, 11) is -3.78. The maximum absolute atomic E-state index is 12.1. The summed E-state index contributed by atoms with van der Waals surface area (Å²) in [5.41, 5.74) is 0.988. The molecule has 2 aromatic rings. The molecule has 0 radical (unpaired) electrons. The van der Waals surface area contributed by atoms with Crippen LogP contribution in [0.15, 0.2) is 53.4 Å². The molecule has 2 aromatic carbocycles. The molecular formula is C31H47NO14S. The molecule has 0 heterocycles. The third kappa shape index (κ3) is 20.9. The van der Waals surface area contributed by atoms with E-state index in [1.54, 1.807) is 24.3 Å². The Morgan fingerprint density at radius 2 is 0.851 bits per heavy atom. The number of rotatable bonds is 31. The summed E-state index contributed by atoms with van der Waals surface area (Å²) < 4.78 is 77.9. The van der Waals surface area contributed by atoms with Crippen molar-refractivity contribution in [3.63, 3.8) is 0 Å². The highest BCUT2D eigenvalue weighted by Gasteiger charge is 2.14. The van der Waals surface area contributed by atoms with Crippen molar-refractivity contribution in [3.05, 3.63) is 64.2 Å². The number of aryl methyl sites for hydroxylation is 1. The first-order valence-electron chi connectivity index (χ1n) is 15.3. The van der Waals surface area contributed by atoms with Gasteiger partial charge in [0.1, 0.15) is 12.4 Å². The predicted molar refractivity (Wildman–Crippen MR) is 169 cm³/mol. The fraction of sp³-hybridized carbons (Fsp3) is 0.613. The molecule has 0 aliphatic rings. The van der Waals surface area contributed by atoms with Gasteiger partial charge in [-0.2, -0.15) is 8.42 Å². The molecule has 0 bridgehead atoms. The van der Waals surface area contributed by atoms with Gasteiger partial charge < -0.3 is 42.6 Å². The Kier molecular flexibility index (Phi) is 22.5. The van der Waals surface area contributed by atoms with Crippen molar-refractivity contribution in [2.24, 2.45) is 0 Å². The standard InChI is InChI=1S/C31H47NO14S/c1-28-2-8-31(9-3-28)47(35,36)46-27-25-44-23-21-42-19-17-40-15-13-38-11-10-37-12-14-39-16-18-41-20-22-43-24-26-45-30-6-4-29(5-7-30)32(33)34/h2-9H,10-27H2,1H3. The summed E-state index contributed by atoms with van der Waals surface area (Å²) >= 11 is 0. The molecule has 0 N–H and O–H groups in total. The van der Waals surface area contributed by atoms with E-state index in [4.69, 9.17) is 46.8 Å².